The summed E-state index contributed by atoms with van der Waals surface area (Å²) in [6.07, 6.45) is 1.77. The van der Waals surface area contributed by atoms with E-state index in [2.05, 4.69) is 50.0 Å². The first-order valence-electron chi connectivity index (χ1n) is 10.7. The van der Waals surface area contributed by atoms with Gasteiger partial charge in [-0.1, -0.05) is 54.1 Å². The molecule has 2 aromatic carbocycles. The molecule has 1 aliphatic heterocycles. The lowest BCUT2D eigenvalue weighted by Gasteiger charge is -2.32. The molecule has 0 atom stereocenters. The van der Waals surface area contributed by atoms with Gasteiger partial charge in [-0.25, -0.2) is 0 Å². The summed E-state index contributed by atoms with van der Waals surface area (Å²) in [7, 11) is 0. The maximum Gasteiger partial charge on any atom is 0.272 e. The van der Waals surface area contributed by atoms with Crippen molar-refractivity contribution in [2.45, 2.75) is 32.4 Å². The zero-order valence-electron chi connectivity index (χ0n) is 17.9. The van der Waals surface area contributed by atoms with Gasteiger partial charge in [0.25, 0.3) is 11.8 Å². The van der Waals surface area contributed by atoms with E-state index in [-0.39, 0.29) is 23.6 Å². The second-order valence-corrected chi connectivity index (χ2v) is 8.42. The lowest BCUT2D eigenvalue weighted by molar-refractivity contribution is 0.0902. The number of rotatable bonds is 6. The number of carbonyl (C=O) groups excluding carboxylic acids is 2. The van der Waals surface area contributed by atoms with Crippen LogP contribution in [-0.4, -0.2) is 46.0 Å². The molecule has 3 N–H and O–H groups in total. The standard InChI is InChI=1S/C24H26ClN5O2/c1-16-21(28-29-22(16)27-23(31)19-9-5-6-10-20(19)25)24(32)26-18-11-13-30(14-12-18)15-17-7-3-2-4-8-17/h2-10,18H,11-15H2,1H3,(H,26,32)(H2,27,28,29,31). The number of aromatic nitrogens is 2. The molecule has 0 bridgehead atoms. The average Bonchev–Trinajstić information content (AvgIpc) is 3.16. The Balaban J connectivity index is 1.31. The van der Waals surface area contributed by atoms with E-state index in [4.69, 9.17) is 11.6 Å². The second-order valence-electron chi connectivity index (χ2n) is 8.02. The molecule has 3 aromatic rings. The number of piperidine rings is 1. The van der Waals surface area contributed by atoms with Crippen LogP contribution in [0.1, 0.15) is 44.8 Å². The largest absolute Gasteiger partial charge is 0.348 e. The van der Waals surface area contributed by atoms with Crippen LogP contribution < -0.4 is 10.6 Å². The predicted molar refractivity (Wildman–Crippen MR) is 125 cm³/mol. The van der Waals surface area contributed by atoms with E-state index in [1.165, 1.54) is 5.56 Å². The van der Waals surface area contributed by atoms with Crippen LogP contribution in [0.5, 0.6) is 0 Å². The van der Waals surface area contributed by atoms with Gasteiger partial charge in [0.05, 0.1) is 10.6 Å². The van der Waals surface area contributed by atoms with Gasteiger partial charge in [0.2, 0.25) is 0 Å². The SMILES string of the molecule is Cc1c(C(=O)NC2CCN(Cc3ccccc3)CC2)n[nH]c1NC(=O)c1ccccc1Cl. The normalized spacial score (nSPS) is 14.8. The monoisotopic (exact) mass is 451 g/mol. The van der Waals surface area contributed by atoms with E-state index in [1.807, 2.05) is 6.07 Å². The molecule has 0 unspecified atom stereocenters. The molecule has 0 radical (unpaired) electrons. The molecule has 0 aliphatic carbocycles. The number of aromatic amines is 1. The molecule has 0 spiro atoms. The molecule has 0 saturated carbocycles. The molecule has 7 nitrogen and oxygen atoms in total. The van der Waals surface area contributed by atoms with Crippen LogP contribution in [0.15, 0.2) is 54.6 Å². The van der Waals surface area contributed by atoms with Crippen molar-refractivity contribution in [2.24, 2.45) is 0 Å². The topological polar surface area (TPSA) is 90.1 Å². The summed E-state index contributed by atoms with van der Waals surface area (Å²) in [4.78, 5) is 27.7. The van der Waals surface area contributed by atoms with Crippen molar-refractivity contribution >= 4 is 29.2 Å². The first-order valence-corrected chi connectivity index (χ1v) is 11.1. The molecule has 8 heteroatoms. The van der Waals surface area contributed by atoms with Crippen LogP contribution in [-0.2, 0) is 6.54 Å². The maximum atomic E-state index is 12.8. The Labute approximate surface area is 192 Å². The van der Waals surface area contributed by atoms with Crippen molar-refractivity contribution < 1.29 is 9.59 Å². The summed E-state index contributed by atoms with van der Waals surface area (Å²) in [5.74, 6) is -0.212. The van der Waals surface area contributed by atoms with Gasteiger partial charge in [-0.15, -0.1) is 0 Å². The van der Waals surface area contributed by atoms with E-state index < -0.39 is 0 Å². The first-order chi connectivity index (χ1) is 15.5. The second kappa shape index (κ2) is 9.97. The fraction of sp³-hybridized carbons (Fsp3) is 0.292. The Morgan fingerprint density at radius 2 is 1.75 bits per heavy atom. The summed E-state index contributed by atoms with van der Waals surface area (Å²) in [5, 5.41) is 13.1. The summed E-state index contributed by atoms with van der Waals surface area (Å²) >= 11 is 6.09. The minimum absolute atomic E-state index is 0.104. The summed E-state index contributed by atoms with van der Waals surface area (Å²) in [6, 6.07) is 17.3. The Hall–Kier alpha value is -3.16. The number of H-pyrrole nitrogens is 1. The third-order valence-corrected chi connectivity index (χ3v) is 6.08. The number of likely N-dealkylation sites (tertiary alicyclic amines) is 1. The van der Waals surface area contributed by atoms with Crippen molar-refractivity contribution in [1.29, 1.82) is 0 Å². The number of anilines is 1. The number of amides is 2. The summed E-state index contributed by atoms with van der Waals surface area (Å²) in [5.41, 5.74) is 2.53. The average molecular weight is 452 g/mol. The van der Waals surface area contributed by atoms with Crippen LogP contribution in [0.3, 0.4) is 0 Å². The highest BCUT2D eigenvalue weighted by molar-refractivity contribution is 6.34. The molecule has 1 aliphatic rings. The molecule has 2 amide bonds. The quantitative estimate of drug-likeness (QED) is 0.528. The molecule has 1 fully saturated rings. The van der Waals surface area contributed by atoms with Crippen molar-refractivity contribution in [3.63, 3.8) is 0 Å². The molecule has 32 heavy (non-hydrogen) atoms. The number of carbonyl (C=O) groups is 2. The molecule has 4 rings (SSSR count). The molecule has 2 heterocycles. The Bertz CT molecular complexity index is 1090. The lowest BCUT2D eigenvalue weighted by atomic mass is 10.0. The fourth-order valence-corrected chi connectivity index (χ4v) is 4.12. The Kier molecular flexibility index (Phi) is 6.87. The van der Waals surface area contributed by atoms with Crippen LogP contribution in [0, 0.1) is 6.92 Å². The van der Waals surface area contributed by atoms with E-state index in [9.17, 15) is 9.59 Å². The molecule has 166 valence electrons. The van der Waals surface area contributed by atoms with Crippen molar-refractivity contribution in [3.05, 3.63) is 82.0 Å². The smallest absolute Gasteiger partial charge is 0.272 e. The number of halogens is 1. The van der Waals surface area contributed by atoms with Crippen molar-refractivity contribution in [2.75, 3.05) is 18.4 Å². The molecule has 1 aromatic heterocycles. The highest BCUT2D eigenvalue weighted by atomic mass is 35.5. The number of hydrogen-bond donors (Lipinski definition) is 3. The lowest BCUT2D eigenvalue weighted by Crippen LogP contribution is -2.44. The third-order valence-electron chi connectivity index (χ3n) is 5.75. The minimum Gasteiger partial charge on any atom is -0.348 e. The maximum absolute atomic E-state index is 12.8. The Morgan fingerprint density at radius 1 is 1.06 bits per heavy atom. The summed E-state index contributed by atoms with van der Waals surface area (Å²) < 4.78 is 0. The van der Waals surface area contributed by atoms with E-state index in [0.717, 1.165) is 32.5 Å². The number of benzene rings is 2. The zero-order valence-corrected chi connectivity index (χ0v) is 18.7. The third kappa shape index (κ3) is 5.18. The van der Waals surface area contributed by atoms with Crippen LogP contribution in [0.4, 0.5) is 5.82 Å². The van der Waals surface area contributed by atoms with Gasteiger partial charge in [-0.3, -0.25) is 19.6 Å². The summed E-state index contributed by atoms with van der Waals surface area (Å²) in [6.45, 7) is 4.54. The predicted octanol–water partition coefficient (Wildman–Crippen LogP) is 4.02. The van der Waals surface area contributed by atoms with Crippen molar-refractivity contribution in [3.8, 4) is 0 Å². The highest BCUT2D eigenvalue weighted by Gasteiger charge is 2.24. The molecule has 1 saturated heterocycles. The first kappa shape index (κ1) is 22.0. The molecular weight excluding hydrogens is 426 g/mol. The van der Waals surface area contributed by atoms with E-state index in [0.29, 0.717) is 22.0 Å². The van der Waals surface area contributed by atoms with Crippen molar-refractivity contribution in [1.82, 2.24) is 20.4 Å². The number of hydrogen-bond acceptors (Lipinski definition) is 4. The van der Waals surface area contributed by atoms with Gasteiger partial charge in [-0.2, -0.15) is 5.10 Å². The van der Waals surface area contributed by atoms with Gasteiger partial charge >= 0.3 is 0 Å². The van der Waals surface area contributed by atoms with E-state index >= 15 is 0 Å². The minimum atomic E-state index is -0.361. The number of nitrogens with one attached hydrogen (secondary N) is 3. The van der Waals surface area contributed by atoms with Crippen LogP contribution in [0.2, 0.25) is 5.02 Å². The number of nitrogens with zero attached hydrogens (tertiary/aromatic N) is 2. The molecular formula is C24H26ClN5O2. The fourth-order valence-electron chi connectivity index (χ4n) is 3.90. The van der Waals surface area contributed by atoms with Crippen LogP contribution >= 0.6 is 11.6 Å². The van der Waals surface area contributed by atoms with Gasteiger partial charge in [0.15, 0.2) is 5.69 Å². The van der Waals surface area contributed by atoms with E-state index in [1.54, 1.807) is 31.2 Å². The van der Waals surface area contributed by atoms with Gasteiger partial charge in [0.1, 0.15) is 5.82 Å². The highest BCUT2D eigenvalue weighted by Crippen LogP contribution is 2.20. The van der Waals surface area contributed by atoms with Crippen LogP contribution in [0.25, 0.3) is 0 Å². The van der Waals surface area contributed by atoms with Gasteiger partial charge < -0.3 is 10.6 Å². The Morgan fingerprint density at radius 3 is 2.47 bits per heavy atom. The van der Waals surface area contributed by atoms with Gasteiger partial charge in [-0.05, 0) is 37.5 Å². The zero-order chi connectivity index (χ0) is 22.5. The van der Waals surface area contributed by atoms with Gasteiger partial charge in [0, 0.05) is 31.2 Å².